The van der Waals surface area contributed by atoms with E-state index in [4.69, 9.17) is 34.8 Å². The largest absolute Gasteiger partial charge is 0.339 e. The van der Waals surface area contributed by atoms with Crippen molar-refractivity contribution in [1.29, 1.82) is 0 Å². The van der Waals surface area contributed by atoms with Crippen LogP contribution in [0.3, 0.4) is 0 Å². The second kappa shape index (κ2) is 8.63. The Hall–Kier alpha value is -1.99. The van der Waals surface area contributed by atoms with Crippen molar-refractivity contribution in [3.8, 4) is 11.4 Å². The summed E-state index contributed by atoms with van der Waals surface area (Å²) in [6, 6.07) is 11.4. The van der Waals surface area contributed by atoms with Crippen LogP contribution in [0.5, 0.6) is 0 Å². The van der Waals surface area contributed by atoms with Crippen molar-refractivity contribution in [2.24, 2.45) is 0 Å². The summed E-state index contributed by atoms with van der Waals surface area (Å²) < 4.78 is -1.81. The summed E-state index contributed by atoms with van der Waals surface area (Å²) >= 11 is 18.4. The number of anilines is 1. The van der Waals surface area contributed by atoms with Crippen LogP contribution in [0.2, 0.25) is 0 Å². The van der Waals surface area contributed by atoms with Crippen LogP contribution < -0.4 is 4.90 Å². The van der Waals surface area contributed by atoms with Gasteiger partial charge in [0.05, 0.1) is 0 Å². The number of rotatable bonds is 3. The van der Waals surface area contributed by atoms with E-state index in [-0.39, 0.29) is 5.82 Å². The molecule has 1 aliphatic rings. The Morgan fingerprint density at radius 3 is 2.53 bits per heavy atom. The standard InChI is InChI=1S/C21H20Cl3N5O/c1-28-9-4-10-29(12-11-28)20-26-18(25-19(27-20)21(22,23)24)16-8-7-14-5-2-3-6-15(14)17(16)13-30/h2-3,5-8,13H,4,9-12H2,1H3. The molecule has 2 heterocycles. The van der Waals surface area contributed by atoms with Crippen LogP contribution in [0.1, 0.15) is 22.6 Å². The van der Waals surface area contributed by atoms with Gasteiger partial charge in [-0.2, -0.15) is 9.97 Å². The first kappa shape index (κ1) is 21.2. The van der Waals surface area contributed by atoms with Crippen LogP contribution in [0.4, 0.5) is 5.95 Å². The number of hydrogen-bond donors (Lipinski definition) is 0. The van der Waals surface area contributed by atoms with Gasteiger partial charge in [0, 0.05) is 30.8 Å². The van der Waals surface area contributed by atoms with Gasteiger partial charge in [0.1, 0.15) is 0 Å². The lowest BCUT2D eigenvalue weighted by Gasteiger charge is -2.22. The maximum atomic E-state index is 12.0. The van der Waals surface area contributed by atoms with E-state index >= 15 is 0 Å². The molecular formula is C21H20Cl3N5O. The Balaban J connectivity index is 1.88. The van der Waals surface area contributed by atoms with Crippen molar-refractivity contribution in [2.45, 2.75) is 10.2 Å². The summed E-state index contributed by atoms with van der Waals surface area (Å²) in [4.78, 5) is 29.8. The number of nitrogens with zero attached hydrogens (tertiary/aromatic N) is 5. The van der Waals surface area contributed by atoms with Crippen molar-refractivity contribution >= 4 is 57.8 Å². The molecule has 2 aromatic carbocycles. The van der Waals surface area contributed by atoms with Gasteiger partial charge in [-0.1, -0.05) is 65.1 Å². The van der Waals surface area contributed by atoms with Gasteiger partial charge in [0.25, 0.3) is 0 Å². The Morgan fingerprint density at radius 2 is 1.77 bits per heavy atom. The Labute approximate surface area is 189 Å². The van der Waals surface area contributed by atoms with Gasteiger partial charge in [-0.05, 0) is 36.9 Å². The van der Waals surface area contributed by atoms with E-state index in [1.807, 2.05) is 36.4 Å². The second-order valence-corrected chi connectivity index (χ2v) is 9.57. The molecular weight excluding hydrogens is 445 g/mol. The second-order valence-electron chi connectivity index (χ2n) is 7.29. The zero-order valence-corrected chi connectivity index (χ0v) is 18.6. The van der Waals surface area contributed by atoms with Crippen molar-refractivity contribution in [3.63, 3.8) is 0 Å². The number of aldehydes is 1. The third kappa shape index (κ3) is 4.37. The highest BCUT2D eigenvalue weighted by Gasteiger charge is 2.30. The number of benzene rings is 2. The Kier molecular flexibility index (Phi) is 6.11. The summed E-state index contributed by atoms with van der Waals surface area (Å²) in [7, 11) is 2.08. The highest BCUT2D eigenvalue weighted by molar-refractivity contribution is 6.66. The summed E-state index contributed by atoms with van der Waals surface area (Å²) in [6.07, 6.45) is 1.78. The predicted octanol–water partition coefficient (Wildman–Crippen LogP) is 4.47. The number of halogens is 3. The van der Waals surface area contributed by atoms with Crippen LogP contribution in [0, 0.1) is 0 Å². The lowest BCUT2D eigenvalue weighted by molar-refractivity contribution is 0.112. The Morgan fingerprint density at radius 1 is 0.967 bits per heavy atom. The number of carbonyl (C=O) groups excluding carboxylic acids is 1. The zero-order chi connectivity index (χ0) is 21.3. The molecule has 1 aliphatic heterocycles. The molecule has 0 aliphatic carbocycles. The van der Waals surface area contributed by atoms with Crippen LogP contribution in [-0.4, -0.2) is 59.4 Å². The van der Waals surface area contributed by atoms with E-state index < -0.39 is 3.79 Å². The lowest BCUT2D eigenvalue weighted by Crippen LogP contribution is -2.31. The highest BCUT2D eigenvalue weighted by Crippen LogP contribution is 2.38. The average Bonchev–Trinajstić information content (AvgIpc) is 2.96. The molecule has 0 unspecified atom stereocenters. The van der Waals surface area contributed by atoms with Crippen molar-refractivity contribution in [1.82, 2.24) is 19.9 Å². The van der Waals surface area contributed by atoms with Gasteiger partial charge in [0.2, 0.25) is 9.74 Å². The predicted molar refractivity (Wildman–Crippen MR) is 122 cm³/mol. The van der Waals surface area contributed by atoms with Crippen LogP contribution in [0.15, 0.2) is 36.4 Å². The van der Waals surface area contributed by atoms with Gasteiger partial charge in [-0.15, -0.1) is 0 Å². The first-order chi connectivity index (χ1) is 14.4. The van der Waals surface area contributed by atoms with Gasteiger partial charge in [-0.25, -0.2) is 4.98 Å². The third-order valence-electron chi connectivity index (χ3n) is 5.21. The van der Waals surface area contributed by atoms with Gasteiger partial charge in [0.15, 0.2) is 17.9 Å². The molecule has 0 saturated carbocycles. The zero-order valence-electron chi connectivity index (χ0n) is 16.4. The van der Waals surface area contributed by atoms with Crippen LogP contribution in [-0.2, 0) is 3.79 Å². The van der Waals surface area contributed by atoms with E-state index in [0.29, 0.717) is 22.9 Å². The molecule has 30 heavy (non-hydrogen) atoms. The topological polar surface area (TPSA) is 62.2 Å². The molecule has 0 spiro atoms. The SMILES string of the molecule is CN1CCCN(c2nc(-c3ccc4ccccc4c3C=O)nc(C(Cl)(Cl)Cl)n2)CC1. The lowest BCUT2D eigenvalue weighted by atomic mass is 9.99. The number of fused-ring (bicyclic) bond motifs is 1. The van der Waals surface area contributed by atoms with Crippen molar-refractivity contribution in [3.05, 3.63) is 47.8 Å². The fraction of sp³-hybridized carbons (Fsp3) is 0.333. The molecule has 0 atom stereocenters. The molecule has 9 heteroatoms. The number of alkyl halides is 3. The van der Waals surface area contributed by atoms with Crippen LogP contribution in [0.25, 0.3) is 22.2 Å². The monoisotopic (exact) mass is 463 g/mol. The fourth-order valence-electron chi connectivity index (χ4n) is 3.62. The molecule has 4 rings (SSSR count). The van der Waals surface area contributed by atoms with E-state index in [2.05, 4.69) is 31.8 Å². The summed E-state index contributed by atoms with van der Waals surface area (Å²) in [5.74, 6) is 0.795. The van der Waals surface area contributed by atoms with Crippen LogP contribution >= 0.6 is 34.8 Å². The minimum Gasteiger partial charge on any atom is -0.339 e. The molecule has 1 fully saturated rings. The number of hydrogen-bond acceptors (Lipinski definition) is 6. The maximum Gasteiger partial charge on any atom is 0.250 e. The number of aromatic nitrogens is 3. The van der Waals surface area contributed by atoms with E-state index in [1.165, 1.54) is 0 Å². The Bertz CT molecular complexity index is 1090. The third-order valence-corrected chi connectivity index (χ3v) is 5.72. The van der Waals surface area contributed by atoms with E-state index in [9.17, 15) is 4.79 Å². The summed E-state index contributed by atoms with van der Waals surface area (Å²) in [5.41, 5.74) is 1.07. The molecule has 3 aromatic rings. The normalized spacial score (nSPS) is 15.9. The van der Waals surface area contributed by atoms with Crippen molar-refractivity contribution < 1.29 is 4.79 Å². The average molecular weight is 465 g/mol. The van der Waals surface area contributed by atoms with Gasteiger partial charge < -0.3 is 9.80 Å². The van der Waals surface area contributed by atoms with Gasteiger partial charge >= 0.3 is 0 Å². The smallest absolute Gasteiger partial charge is 0.250 e. The molecule has 1 saturated heterocycles. The van der Waals surface area contributed by atoms with Crippen molar-refractivity contribution in [2.75, 3.05) is 38.1 Å². The highest BCUT2D eigenvalue weighted by atomic mass is 35.6. The summed E-state index contributed by atoms with van der Waals surface area (Å²) in [5, 5.41) is 1.77. The molecule has 156 valence electrons. The molecule has 0 radical (unpaired) electrons. The molecule has 6 nitrogen and oxygen atoms in total. The molecule has 0 N–H and O–H groups in total. The van der Waals surface area contributed by atoms with E-state index in [1.54, 1.807) is 0 Å². The van der Waals surface area contributed by atoms with E-state index in [0.717, 1.165) is 49.7 Å². The molecule has 0 amide bonds. The maximum absolute atomic E-state index is 12.0. The fourth-order valence-corrected chi connectivity index (χ4v) is 3.87. The first-order valence-electron chi connectivity index (χ1n) is 9.61. The summed E-state index contributed by atoms with van der Waals surface area (Å²) in [6.45, 7) is 3.40. The molecule has 1 aromatic heterocycles. The first-order valence-corrected chi connectivity index (χ1v) is 10.7. The molecule has 0 bridgehead atoms. The van der Waals surface area contributed by atoms with Gasteiger partial charge in [-0.3, -0.25) is 4.79 Å². The number of likely N-dealkylation sites (N-methyl/N-ethyl adjacent to an activating group) is 1. The minimum atomic E-state index is -1.81. The number of carbonyl (C=O) groups is 1. The minimum absolute atomic E-state index is 0.0371. The quantitative estimate of drug-likeness (QED) is 0.421.